The zero-order valence-electron chi connectivity index (χ0n) is 11.7. The Morgan fingerprint density at radius 3 is 2.65 bits per heavy atom. The van der Waals surface area contributed by atoms with E-state index in [-0.39, 0.29) is 18.4 Å². The van der Waals surface area contributed by atoms with Crippen LogP contribution in [0.5, 0.6) is 0 Å². The highest BCUT2D eigenvalue weighted by molar-refractivity contribution is 5.90. The van der Waals surface area contributed by atoms with Crippen LogP contribution in [-0.4, -0.2) is 30.4 Å². The van der Waals surface area contributed by atoms with Gasteiger partial charge in [0.1, 0.15) is 0 Å². The number of carbonyl (C=O) groups is 2. The lowest BCUT2D eigenvalue weighted by molar-refractivity contribution is -0.129. The first kappa shape index (κ1) is 14.5. The van der Waals surface area contributed by atoms with Gasteiger partial charge < -0.3 is 16.0 Å². The van der Waals surface area contributed by atoms with E-state index in [0.717, 1.165) is 24.9 Å². The number of carbonyl (C=O) groups excluding carboxylic acids is 2. The molecule has 20 heavy (non-hydrogen) atoms. The molecule has 1 unspecified atom stereocenters. The number of hydrogen-bond donors (Lipinski definition) is 3. The molecule has 1 atom stereocenters. The molecule has 2 amide bonds. The molecule has 0 bridgehead atoms. The SMILES string of the molecule is CC1(C(=O)NCC(=O)NCc2ccccc2)CCCN1. The summed E-state index contributed by atoms with van der Waals surface area (Å²) in [5.41, 5.74) is 0.510. The molecule has 2 rings (SSSR count). The summed E-state index contributed by atoms with van der Waals surface area (Å²) in [4.78, 5) is 23.7. The highest BCUT2D eigenvalue weighted by Crippen LogP contribution is 2.18. The van der Waals surface area contributed by atoms with Crippen molar-refractivity contribution in [3.8, 4) is 0 Å². The topological polar surface area (TPSA) is 70.2 Å². The molecule has 1 fully saturated rings. The largest absolute Gasteiger partial charge is 0.350 e. The van der Waals surface area contributed by atoms with Crippen LogP contribution < -0.4 is 16.0 Å². The number of benzene rings is 1. The lowest BCUT2D eigenvalue weighted by atomic mass is 9.99. The molecule has 108 valence electrons. The quantitative estimate of drug-likeness (QED) is 0.735. The van der Waals surface area contributed by atoms with Crippen molar-refractivity contribution in [2.45, 2.75) is 31.8 Å². The molecular formula is C15H21N3O2. The fourth-order valence-electron chi connectivity index (χ4n) is 2.30. The molecule has 1 saturated heterocycles. The van der Waals surface area contributed by atoms with Gasteiger partial charge in [-0.15, -0.1) is 0 Å². The Morgan fingerprint density at radius 2 is 2.00 bits per heavy atom. The van der Waals surface area contributed by atoms with Gasteiger partial charge in [-0.05, 0) is 31.9 Å². The summed E-state index contributed by atoms with van der Waals surface area (Å²) in [5.74, 6) is -0.284. The molecule has 0 spiro atoms. The van der Waals surface area contributed by atoms with Crippen LogP contribution in [0, 0.1) is 0 Å². The molecule has 1 aliphatic heterocycles. The van der Waals surface area contributed by atoms with E-state index in [1.807, 2.05) is 37.3 Å². The summed E-state index contributed by atoms with van der Waals surface area (Å²) >= 11 is 0. The molecule has 5 heteroatoms. The van der Waals surface area contributed by atoms with E-state index < -0.39 is 5.54 Å². The average Bonchev–Trinajstić information content (AvgIpc) is 2.92. The molecule has 1 aromatic carbocycles. The van der Waals surface area contributed by atoms with Crippen LogP contribution in [0.15, 0.2) is 30.3 Å². The third-order valence-corrected chi connectivity index (χ3v) is 3.61. The zero-order valence-corrected chi connectivity index (χ0v) is 11.7. The predicted molar refractivity (Wildman–Crippen MR) is 76.9 cm³/mol. The fourth-order valence-corrected chi connectivity index (χ4v) is 2.30. The Bertz CT molecular complexity index is 467. The van der Waals surface area contributed by atoms with Crippen LogP contribution in [0.25, 0.3) is 0 Å². The van der Waals surface area contributed by atoms with Gasteiger partial charge in [0.15, 0.2) is 0 Å². The minimum atomic E-state index is -0.528. The van der Waals surface area contributed by atoms with Crippen molar-refractivity contribution in [1.29, 1.82) is 0 Å². The minimum absolute atomic E-state index is 0.0168. The maximum Gasteiger partial charge on any atom is 0.240 e. The Morgan fingerprint density at radius 1 is 1.25 bits per heavy atom. The van der Waals surface area contributed by atoms with E-state index in [9.17, 15) is 9.59 Å². The molecule has 1 aliphatic rings. The minimum Gasteiger partial charge on any atom is -0.350 e. The van der Waals surface area contributed by atoms with E-state index in [0.29, 0.717) is 6.54 Å². The van der Waals surface area contributed by atoms with Gasteiger partial charge in [0.05, 0.1) is 12.1 Å². The second kappa shape index (κ2) is 6.52. The van der Waals surface area contributed by atoms with Gasteiger partial charge in [-0.3, -0.25) is 9.59 Å². The fraction of sp³-hybridized carbons (Fsp3) is 0.467. The first-order valence-electron chi connectivity index (χ1n) is 6.94. The standard InChI is InChI=1S/C15H21N3O2/c1-15(8-5-9-18-15)14(20)17-11-13(19)16-10-12-6-3-2-4-7-12/h2-4,6-7,18H,5,8-11H2,1H3,(H,16,19)(H,17,20). The van der Waals surface area contributed by atoms with Crippen LogP contribution in [0.1, 0.15) is 25.3 Å². The normalized spacial score (nSPS) is 21.4. The van der Waals surface area contributed by atoms with E-state index in [2.05, 4.69) is 16.0 Å². The number of amides is 2. The first-order chi connectivity index (χ1) is 9.60. The Balaban J connectivity index is 1.71. The van der Waals surface area contributed by atoms with Crippen LogP contribution >= 0.6 is 0 Å². The van der Waals surface area contributed by atoms with Crippen LogP contribution in [0.2, 0.25) is 0 Å². The number of nitrogens with one attached hydrogen (secondary N) is 3. The first-order valence-corrected chi connectivity index (χ1v) is 6.94. The van der Waals surface area contributed by atoms with Crippen LogP contribution in [-0.2, 0) is 16.1 Å². The molecule has 0 aliphatic carbocycles. The summed E-state index contributed by atoms with van der Waals surface area (Å²) in [6.45, 7) is 3.22. The van der Waals surface area contributed by atoms with Gasteiger partial charge in [0.2, 0.25) is 11.8 Å². The molecule has 3 N–H and O–H groups in total. The lowest BCUT2D eigenvalue weighted by Gasteiger charge is -2.22. The number of rotatable bonds is 5. The maximum absolute atomic E-state index is 12.0. The summed E-state index contributed by atoms with van der Waals surface area (Å²) in [7, 11) is 0. The van der Waals surface area contributed by atoms with E-state index in [4.69, 9.17) is 0 Å². The molecule has 5 nitrogen and oxygen atoms in total. The van der Waals surface area contributed by atoms with Crippen molar-refractivity contribution in [2.24, 2.45) is 0 Å². The molecule has 0 saturated carbocycles. The van der Waals surface area contributed by atoms with Crippen molar-refractivity contribution in [1.82, 2.24) is 16.0 Å². The Labute approximate surface area is 119 Å². The molecule has 1 aromatic rings. The molecule has 0 radical (unpaired) electrons. The predicted octanol–water partition coefficient (Wildman–Crippen LogP) is 0.561. The molecule has 1 heterocycles. The second-order valence-corrected chi connectivity index (χ2v) is 5.31. The third-order valence-electron chi connectivity index (χ3n) is 3.61. The van der Waals surface area contributed by atoms with E-state index in [1.165, 1.54) is 0 Å². The monoisotopic (exact) mass is 275 g/mol. The zero-order chi connectivity index (χ0) is 14.4. The van der Waals surface area contributed by atoms with Gasteiger partial charge in [0, 0.05) is 6.54 Å². The summed E-state index contributed by atoms with van der Waals surface area (Å²) in [6, 6.07) is 9.68. The summed E-state index contributed by atoms with van der Waals surface area (Å²) < 4.78 is 0. The Kier molecular flexibility index (Phi) is 4.74. The Hall–Kier alpha value is -1.88. The van der Waals surface area contributed by atoms with Crippen LogP contribution in [0.3, 0.4) is 0 Å². The van der Waals surface area contributed by atoms with Gasteiger partial charge in [0.25, 0.3) is 0 Å². The van der Waals surface area contributed by atoms with Crippen LogP contribution in [0.4, 0.5) is 0 Å². The van der Waals surface area contributed by atoms with Crippen molar-refractivity contribution >= 4 is 11.8 Å². The molecular weight excluding hydrogens is 254 g/mol. The summed E-state index contributed by atoms with van der Waals surface area (Å²) in [5, 5.41) is 8.64. The third kappa shape index (κ3) is 3.81. The van der Waals surface area contributed by atoms with Gasteiger partial charge in [-0.25, -0.2) is 0 Å². The van der Waals surface area contributed by atoms with Gasteiger partial charge in [-0.1, -0.05) is 30.3 Å². The summed E-state index contributed by atoms with van der Waals surface area (Å²) in [6.07, 6.45) is 1.80. The lowest BCUT2D eigenvalue weighted by Crippen LogP contribution is -2.52. The highest BCUT2D eigenvalue weighted by Gasteiger charge is 2.35. The average molecular weight is 275 g/mol. The van der Waals surface area contributed by atoms with Crippen molar-refractivity contribution in [3.63, 3.8) is 0 Å². The highest BCUT2D eigenvalue weighted by atomic mass is 16.2. The smallest absolute Gasteiger partial charge is 0.240 e. The van der Waals surface area contributed by atoms with E-state index in [1.54, 1.807) is 0 Å². The van der Waals surface area contributed by atoms with Crippen molar-refractivity contribution < 1.29 is 9.59 Å². The maximum atomic E-state index is 12.0. The van der Waals surface area contributed by atoms with Gasteiger partial charge >= 0.3 is 0 Å². The second-order valence-electron chi connectivity index (χ2n) is 5.31. The van der Waals surface area contributed by atoms with Crippen molar-refractivity contribution in [2.75, 3.05) is 13.1 Å². The van der Waals surface area contributed by atoms with E-state index >= 15 is 0 Å². The molecule has 0 aromatic heterocycles. The van der Waals surface area contributed by atoms with Crippen molar-refractivity contribution in [3.05, 3.63) is 35.9 Å². The van der Waals surface area contributed by atoms with Gasteiger partial charge in [-0.2, -0.15) is 0 Å². The number of hydrogen-bond acceptors (Lipinski definition) is 3.